The number of alkyl halides is 3. The number of carbonyl (C=O) groups excluding carboxylic acids is 1. The van der Waals surface area contributed by atoms with E-state index in [1.165, 1.54) is 14.0 Å². The van der Waals surface area contributed by atoms with Gasteiger partial charge in [-0.1, -0.05) is 0 Å². The number of hydrogen-bond donors (Lipinski definition) is 2. The van der Waals surface area contributed by atoms with Crippen LogP contribution < -0.4 is 5.32 Å². The van der Waals surface area contributed by atoms with Gasteiger partial charge in [-0.15, -0.1) is 0 Å². The van der Waals surface area contributed by atoms with Crippen molar-refractivity contribution < 1.29 is 27.9 Å². The zero-order chi connectivity index (χ0) is 13.6. The number of aliphatic carboxylic acids is 1. The molecule has 0 heterocycles. The normalized spacial score (nSPS) is 13.0. The molecule has 1 atom stereocenters. The smallest absolute Gasteiger partial charge is 0.441 e. The molecule has 5 nitrogen and oxygen atoms in total. The number of amides is 2. The Kier molecular flexibility index (Phi) is 6.14. The van der Waals surface area contributed by atoms with Gasteiger partial charge in [0.25, 0.3) is 0 Å². The topological polar surface area (TPSA) is 69.6 Å². The first-order chi connectivity index (χ1) is 7.65. The van der Waals surface area contributed by atoms with Gasteiger partial charge in [0, 0.05) is 19.3 Å². The fourth-order valence-electron chi connectivity index (χ4n) is 0.791. The first-order valence-electron chi connectivity index (χ1n) is 4.59. The predicted octanol–water partition coefficient (Wildman–Crippen LogP) is 1.35. The molecule has 0 spiro atoms. The molecule has 0 rings (SSSR count). The minimum absolute atomic E-state index is 0.181. The van der Waals surface area contributed by atoms with E-state index in [-0.39, 0.29) is 24.1 Å². The number of urea groups is 1. The van der Waals surface area contributed by atoms with E-state index in [2.05, 4.69) is 5.32 Å². The van der Waals surface area contributed by atoms with Crippen LogP contribution in [0.4, 0.5) is 18.0 Å². The summed E-state index contributed by atoms with van der Waals surface area (Å²) in [6, 6.07) is -1.76. The predicted molar refractivity (Wildman–Crippen MR) is 56.8 cm³/mol. The average molecular weight is 274 g/mol. The van der Waals surface area contributed by atoms with Crippen LogP contribution in [0, 0.1) is 0 Å². The van der Waals surface area contributed by atoms with Crippen molar-refractivity contribution in [3.05, 3.63) is 0 Å². The van der Waals surface area contributed by atoms with E-state index in [4.69, 9.17) is 5.11 Å². The molecule has 0 aromatic heterocycles. The van der Waals surface area contributed by atoms with Crippen LogP contribution >= 0.6 is 11.8 Å². The average Bonchev–Trinajstić information content (AvgIpc) is 2.20. The molecule has 100 valence electrons. The zero-order valence-corrected chi connectivity index (χ0v) is 10.1. The second kappa shape index (κ2) is 6.58. The van der Waals surface area contributed by atoms with Crippen molar-refractivity contribution >= 4 is 23.8 Å². The summed E-state index contributed by atoms with van der Waals surface area (Å²) < 4.78 is 35.2. The molecule has 0 aliphatic rings. The van der Waals surface area contributed by atoms with Crippen LogP contribution in [-0.4, -0.2) is 52.9 Å². The van der Waals surface area contributed by atoms with Crippen LogP contribution in [0.15, 0.2) is 0 Å². The quantitative estimate of drug-likeness (QED) is 0.743. The van der Waals surface area contributed by atoms with Gasteiger partial charge >= 0.3 is 17.5 Å². The molecule has 0 saturated carbocycles. The van der Waals surface area contributed by atoms with E-state index in [9.17, 15) is 22.8 Å². The van der Waals surface area contributed by atoms with Crippen molar-refractivity contribution in [3.63, 3.8) is 0 Å². The third kappa shape index (κ3) is 6.93. The van der Waals surface area contributed by atoms with E-state index >= 15 is 0 Å². The van der Waals surface area contributed by atoms with Gasteiger partial charge in [0.05, 0.1) is 0 Å². The highest BCUT2D eigenvalue weighted by Crippen LogP contribution is 2.29. The number of halogens is 3. The third-order valence-electron chi connectivity index (χ3n) is 1.90. The summed E-state index contributed by atoms with van der Waals surface area (Å²) in [5.74, 6) is -1.50. The molecule has 2 amide bonds. The summed E-state index contributed by atoms with van der Waals surface area (Å²) in [7, 11) is 1.25. The maximum atomic E-state index is 11.7. The highest BCUT2D eigenvalue weighted by Gasteiger charge is 2.27. The summed E-state index contributed by atoms with van der Waals surface area (Å²) >= 11 is -0.248. The highest BCUT2D eigenvalue weighted by atomic mass is 32.2. The van der Waals surface area contributed by atoms with E-state index in [1.807, 2.05) is 0 Å². The maximum absolute atomic E-state index is 11.7. The Morgan fingerprint density at radius 3 is 2.41 bits per heavy atom. The number of likely N-dealkylation sites (N-methyl/N-ethyl adjacent to an activating group) is 1. The van der Waals surface area contributed by atoms with Crippen LogP contribution in [0.1, 0.15) is 6.92 Å². The number of hydrogen-bond acceptors (Lipinski definition) is 3. The van der Waals surface area contributed by atoms with Crippen molar-refractivity contribution in [2.75, 3.05) is 19.3 Å². The summed E-state index contributed by atoms with van der Waals surface area (Å²) in [5, 5.41) is 10.8. The number of rotatable bonds is 5. The van der Waals surface area contributed by atoms with Gasteiger partial charge in [0.15, 0.2) is 0 Å². The van der Waals surface area contributed by atoms with Crippen LogP contribution in [-0.2, 0) is 4.79 Å². The molecule has 9 heteroatoms. The fourth-order valence-corrected chi connectivity index (χ4v) is 1.23. The number of carbonyl (C=O) groups is 2. The first kappa shape index (κ1) is 15.9. The van der Waals surface area contributed by atoms with Crippen LogP contribution in [0.2, 0.25) is 0 Å². The maximum Gasteiger partial charge on any atom is 0.441 e. The minimum Gasteiger partial charge on any atom is -0.480 e. The van der Waals surface area contributed by atoms with Gasteiger partial charge in [-0.25, -0.2) is 9.59 Å². The van der Waals surface area contributed by atoms with Gasteiger partial charge in [0.1, 0.15) is 6.04 Å². The third-order valence-corrected chi connectivity index (χ3v) is 2.64. The molecule has 17 heavy (non-hydrogen) atoms. The van der Waals surface area contributed by atoms with Gasteiger partial charge in [0.2, 0.25) is 0 Å². The number of thioether (sulfide) groups is 1. The van der Waals surface area contributed by atoms with E-state index in [1.54, 1.807) is 0 Å². The van der Waals surface area contributed by atoms with Crippen LogP contribution in [0.25, 0.3) is 0 Å². The van der Waals surface area contributed by atoms with Gasteiger partial charge in [-0.3, -0.25) is 0 Å². The Morgan fingerprint density at radius 1 is 1.47 bits per heavy atom. The number of nitrogens with zero attached hydrogens (tertiary/aromatic N) is 1. The molecule has 0 fully saturated rings. The van der Waals surface area contributed by atoms with Gasteiger partial charge < -0.3 is 15.3 Å². The van der Waals surface area contributed by atoms with Crippen molar-refractivity contribution in [2.45, 2.75) is 18.5 Å². The number of carboxylic acids is 1. The second-order valence-corrected chi connectivity index (χ2v) is 4.31. The molecule has 0 saturated heterocycles. The van der Waals surface area contributed by atoms with E-state index in [0.29, 0.717) is 0 Å². The number of nitrogens with one attached hydrogen (secondary N) is 1. The molecule has 0 aliphatic heterocycles. The monoisotopic (exact) mass is 274 g/mol. The molecular weight excluding hydrogens is 261 g/mol. The Balaban J connectivity index is 3.91. The molecule has 0 radical (unpaired) electrons. The summed E-state index contributed by atoms with van der Waals surface area (Å²) in [5.41, 5.74) is -4.33. The Bertz CT molecular complexity index is 286. The lowest BCUT2D eigenvalue weighted by molar-refractivity contribution is -0.141. The summed E-state index contributed by atoms with van der Waals surface area (Å²) in [6.45, 7) is 1.12. The van der Waals surface area contributed by atoms with Crippen LogP contribution in [0.5, 0.6) is 0 Å². The van der Waals surface area contributed by atoms with Crippen molar-refractivity contribution in [1.82, 2.24) is 10.2 Å². The molecule has 2 N–H and O–H groups in total. The summed E-state index contributed by atoms with van der Waals surface area (Å²) in [4.78, 5) is 22.7. The second-order valence-electron chi connectivity index (χ2n) is 3.15. The minimum atomic E-state index is -4.33. The molecular formula is C8H13F3N2O3S. The van der Waals surface area contributed by atoms with E-state index in [0.717, 1.165) is 4.90 Å². The lowest BCUT2D eigenvalue weighted by atomic mass is 10.3. The van der Waals surface area contributed by atoms with Gasteiger partial charge in [-0.2, -0.15) is 13.2 Å². The molecule has 0 bridgehead atoms. The standard InChI is InChI=1S/C8H13F3N2O3S/c1-5(6(14)15)13(2)7(16)12-3-4-17-8(9,10)11/h5H,3-4H2,1-2H3,(H,12,16)(H,14,15). The Hall–Kier alpha value is -1.12. The van der Waals surface area contributed by atoms with Gasteiger partial charge in [-0.05, 0) is 18.7 Å². The Labute approximate surface area is 100 Å². The molecule has 1 unspecified atom stereocenters. The van der Waals surface area contributed by atoms with E-state index < -0.39 is 23.6 Å². The SMILES string of the molecule is CC(C(=O)O)N(C)C(=O)NCCSC(F)(F)F. The Morgan fingerprint density at radius 2 is 2.00 bits per heavy atom. The van der Waals surface area contributed by atoms with Crippen molar-refractivity contribution in [1.29, 1.82) is 0 Å². The lowest BCUT2D eigenvalue weighted by Crippen LogP contribution is -2.46. The zero-order valence-electron chi connectivity index (χ0n) is 9.24. The first-order valence-corrected chi connectivity index (χ1v) is 5.58. The molecule has 0 aliphatic carbocycles. The molecule has 0 aromatic rings. The summed E-state index contributed by atoms with van der Waals surface area (Å²) in [6.07, 6.45) is 0. The molecule has 0 aromatic carbocycles. The fraction of sp³-hybridized carbons (Fsp3) is 0.750. The largest absolute Gasteiger partial charge is 0.480 e. The van der Waals surface area contributed by atoms with Crippen molar-refractivity contribution in [2.24, 2.45) is 0 Å². The lowest BCUT2D eigenvalue weighted by Gasteiger charge is -2.21. The van der Waals surface area contributed by atoms with Crippen LogP contribution in [0.3, 0.4) is 0 Å². The van der Waals surface area contributed by atoms with Crippen molar-refractivity contribution in [3.8, 4) is 0 Å². The highest BCUT2D eigenvalue weighted by molar-refractivity contribution is 8.00. The number of carboxylic acid groups (broad SMARTS) is 1.